The lowest BCUT2D eigenvalue weighted by Gasteiger charge is -2.26. The highest BCUT2D eigenvalue weighted by atomic mass is 19.1. The molecule has 1 unspecified atom stereocenters. The first-order valence-electron chi connectivity index (χ1n) is 6.49. The fourth-order valence-corrected chi connectivity index (χ4v) is 2.13. The van der Waals surface area contributed by atoms with Crippen LogP contribution in [0.3, 0.4) is 0 Å². The monoisotopic (exact) mass is 252 g/mol. The van der Waals surface area contributed by atoms with Crippen molar-refractivity contribution in [2.75, 3.05) is 32.8 Å². The quantitative estimate of drug-likeness (QED) is 0.886. The van der Waals surface area contributed by atoms with Crippen LogP contribution in [0.25, 0.3) is 0 Å². The SMILES string of the molecule is CC(CN)c1ccc(CN2CCOCC2)c(F)c1. The van der Waals surface area contributed by atoms with Crippen molar-refractivity contribution in [2.45, 2.75) is 19.4 Å². The van der Waals surface area contributed by atoms with E-state index in [0.717, 1.165) is 37.4 Å². The van der Waals surface area contributed by atoms with Crippen LogP contribution in [-0.4, -0.2) is 37.7 Å². The van der Waals surface area contributed by atoms with Gasteiger partial charge in [-0.25, -0.2) is 4.39 Å². The highest BCUT2D eigenvalue weighted by Gasteiger charge is 2.14. The third kappa shape index (κ3) is 3.28. The number of hydrogen-bond donors (Lipinski definition) is 1. The van der Waals surface area contributed by atoms with Gasteiger partial charge in [-0.15, -0.1) is 0 Å². The second kappa shape index (κ2) is 6.27. The Morgan fingerprint density at radius 1 is 1.39 bits per heavy atom. The van der Waals surface area contributed by atoms with E-state index in [9.17, 15) is 4.39 Å². The van der Waals surface area contributed by atoms with Crippen molar-refractivity contribution in [1.82, 2.24) is 4.90 Å². The van der Waals surface area contributed by atoms with Crippen LogP contribution < -0.4 is 5.73 Å². The van der Waals surface area contributed by atoms with Gasteiger partial charge in [0.1, 0.15) is 5.82 Å². The number of nitrogens with two attached hydrogens (primary N) is 1. The molecule has 0 aliphatic carbocycles. The minimum Gasteiger partial charge on any atom is -0.379 e. The lowest BCUT2D eigenvalue weighted by Crippen LogP contribution is -2.35. The number of rotatable bonds is 4. The summed E-state index contributed by atoms with van der Waals surface area (Å²) in [7, 11) is 0. The molecule has 1 aromatic rings. The Labute approximate surface area is 108 Å². The van der Waals surface area contributed by atoms with Crippen molar-refractivity contribution in [3.05, 3.63) is 35.1 Å². The van der Waals surface area contributed by atoms with Crippen LogP contribution in [0.2, 0.25) is 0 Å². The number of hydrogen-bond acceptors (Lipinski definition) is 3. The first-order chi connectivity index (χ1) is 8.70. The van der Waals surface area contributed by atoms with Gasteiger partial charge >= 0.3 is 0 Å². The summed E-state index contributed by atoms with van der Waals surface area (Å²) in [6, 6.07) is 5.48. The van der Waals surface area contributed by atoms with Crippen molar-refractivity contribution < 1.29 is 9.13 Å². The topological polar surface area (TPSA) is 38.5 Å². The van der Waals surface area contributed by atoms with E-state index in [1.165, 1.54) is 0 Å². The number of nitrogens with zero attached hydrogens (tertiary/aromatic N) is 1. The van der Waals surface area contributed by atoms with Crippen molar-refractivity contribution in [1.29, 1.82) is 0 Å². The maximum atomic E-state index is 14.0. The highest BCUT2D eigenvalue weighted by Crippen LogP contribution is 2.19. The molecule has 0 saturated carbocycles. The van der Waals surface area contributed by atoms with E-state index < -0.39 is 0 Å². The molecular weight excluding hydrogens is 231 g/mol. The maximum Gasteiger partial charge on any atom is 0.127 e. The van der Waals surface area contributed by atoms with Gasteiger partial charge in [0.05, 0.1) is 13.2 Å². The van der Waals surface area contributed by atoms with Crippen LogP contribution in [0.4, 0.5) is 4.39 Å². The van der Waals surface area contributed by atoms with E-state index in [-0.39, 0.29) is 11.7 Å². The summed E-state index contributed by atoms with van der Waals surface area (Å²) < 4.78 is 19.3. The Balaban J connectivity index is 2.04. The molecule has 1 heterocycles. The number of benzene rings is 1. The third-order valence-corrected chi connectivity index (χ3v) is 3.50. The molecule has 18 heavy (non-hydrogen) atoms. The smallest absolute Gasteiger partial charge is 0.127 e. The Bertz CT molecular complexity index is 391. The highest BCUT2D eigenvalue weighted by molar-refractivity contribution is 5.27. The van der Waals surface area contributed by atoms with Crippen LogP contribution in [0.15, 0.2) is 18.2 Å². The fraction of sp³-hybridized carbons (Fsp3) is 0.571. The molecule has 0 radical (unpaired) electrons. The van der Waals surface area contributed by atoms with Gasteiger partial charge in [-0.2, -0.15) is 0 Å². The summed E-state index contributed by atoms with van der Waals surface area (Å²) in [5.41, 5.74) is 7.32. The summed E-state index contributed by atoms with van der Waals surface area (Å²) >= 11 is 0. The van der Waals surface area contributed by atoms with Gasteiger partial charge in [0.2, 0.25) is 0 Å². The summed E-state index contributed by atoms with van der Waals surface area (Å²) in [6.45, 7) is 6.44. The van der Waals surface area contributed by atoms with E-state index in [0.29, 0.717) is 13.1 Å². The lowest BCUT2D eigenvalue weighted by atomic mass is 9.99. The molecule has 1 saturated heterocycles. The zero-order valence-electron chi connectivity index (χ0n) is 10.9. The molecule has 1 aromatic carbocycles. The third-order valence-electron chi connectivity index (χ3n) is 3.50. The van der Waals surface area contributed by atoms with Gasteiger partial charge < -0.3 is 10.5 Å². The van der Waals surface area contributed by atoms with Crippen LogP contribution in [-0.2, 0) is 11.3 Å². The Morgan fingerprint density at radius 2 is 2.11 bits per heavy atom. The van der Waals surface area contributed by atoms with Crippen molar-refractivity contribution in [2.24, 2.45) is 5.73 Å². The summed E-state index contributed by atoms with van der Waals surface area (Å²) in [6.07, 6.45) is 0. The minimum absolute atomic E-state index is 0.126. The standard InChI is InChI=1S/C14H21FN2O/c1-11(9-16)12-2-3-13(14(15)8-12)10-17-4-6-18-7-5-17/h2-3,8,11H,4-7,9-10,16H2,1H3. The predicted molar refractivity (Wildman–Crippen MR) is 70.0 cm³/mol. The molecule has 1 fully saturated rings. The van der Waals surface area contributed by atoms with Crippen LogP contribution >= 0.6 is 0 Å². The van der Waals surface area contributed by atoms with Gasteiger partial charge in [-0.3, -0.25) is 4.90 Å². The van der Waals surface area contributed by atoms with Crippen LogP contribution in [0.1, 0.15) is 24.0 Å². The zero-order valence-corrected chi connectivity index (χ0v) is 10.9. The van der Waals surface area contributed by atoms with E-state index in [1.54, 1.807) is 6.07 Å². The van der Waals surface area contributed by atoms with Gasteiger partial charge in [0.25, 0.3) is 0 Å². The number of morpholine rings is 1. The molecule has 1 aliphatic heterocycles. The van der Waals surface area contributed by atoms with E-state index >= 15 is 0 Å². The minimum atomic E-state index is -0.126. The van der Waals surface area contributed by atoms with Gasteiger partial charge in [0.15, 0.2) is 0 Å². The average molecular weight is 252 g/mol. The molecule has 2 rings (SSSR count). The van der Waals surface area contributed by atoms with Crippen LogP contribution in [0, 0.1) is 5.82 Å². The molecule has 1 atom stereocenters. The second-order valence-corrected chi connectivity index (χ2v) is 4.88. The molecule has 1 aliphatic rings. The van der Waals surface area contributed by atoms with Gasteiger partial charge in [0, 0.05) is 25.2 Å². The molecule has 100 valence electrons. The molecule has 4 heteroatoms. The largest absolute Gasteiger partial charge is 0.379 e. The molecular formula is C14H21FN2O. The molecule has 0 bridgehead atoms. The molecule has 0 amide bonds. The Morgan fingerprint density at radius 3 is 2.72 bits per heavy atom. The first kappa shape index (κ1) is 13.5. The zero-order chi connectivity index (χ0) is 13.0. The fourth-order valence-electron chi connectivity index (χ4n) is 2.13. The van der Waals surface area contributed by atoms with Crippen LogP contribution in [0.5, 0.6) is 0 Å². The van der Waals surface area contributed by atoms with Crippen molar-refractivity contribution in [3.8, 4) is 0 Å². The summed E-state index contributed by atoms with van der Waals surface area (Å²) in [5, 5.41) is 0. The van der Waals surface area contributed by atoms with Crippen molar-refractivity contribution in [3.63, 3.8) is 0 Å². The first-order valence-corrected chi connectivity index (χ1v) is 6.49. The Kier molecular flexibility index (Phi) is 4.69. The predicted octanol–water partition coefficient (Wildman–Crippen LogP) is 1.72. The number of ether oxygens (including phenoxy) is 1. The van der Waals surface area contributed by atoms with Gasteiger partial charge in [-0.05, 0) is 24.1 Å². The van der Waals surface area contributed by atoms with E-state index in [2.05, 4.69) is 4.90 Å². The normalized spacial score (nSPS) is 18.8. The molecule has 3 nitrogen and oxygen atoms in total. The molecule has 0 spiro atoms. The second-order valence-electron chi connectivity index (χ2n) is 4.88. The average Bonchev–Trinajstić information content (AvgIpc) is 2.41. The maximum absolute atomic E-state index is 14.0. The van der Waals surface area contributed by atoms with Gasteiger partial charge in [-0.1, -0.05) is 19.1 Å². The van der Waals surface area contributed by atoms with Crippen molar-refractivity contribution >= 4 is 0 Å². The molecule has 0 aromatic heterocycles. The summed E-state index contributed by atoms with van der Waals surface area (Å²) in [4.78, 5) is 2.22. The van der Waals surface area contributed by atoms with E-state index in [4.69, 9.17) is 10.5 Å². The molecule has 2 N–H and O–H groups in total. The number of halogens is 1. The Hall–Kier alpha value is -0.970. The summed E-state index contributed by atoms with van der Waals surface area (Å²) in [5.74, 6) is 0.0798. The lowest BCUT2D eigenvalue weighted by molar-refractivity contribution is 0.0337. The van der Waals surface area contributed by atoms with E-state index in [1.807, 2.05) is 19.1 Å².